The smallest absolute Gasteiger partial charge is 0.0339 e. The first-order chi connectivity index (χ1) is 8.95. The first-order valence-corrected chi connectivity index (χ1v) is 7.83. The van der Waals surface area contributed by atoms with Gasteiger partial charge in [0, 0.05) is 11.9 Å². The lowest BCUT2D eigenvalue weighted by molar-refractivity contribution is 0.489. The molecule has 1 fully saturated rings. The third-order valence-electron chi connectivity index (χ3n) is 4.06. The summed E-state index contributed by atoms with van der Waals surface area (Å²) in [6, 6.07) is 8.99. The third kappa shape index (κ3) is 4.50. The number of benzene rings is 1. The van der Waals surface area contributed by atoms with E-state index in [1.807, 2.05) is 0 Å². The lowest BCUT2D eigenvalue weighted by Gasteiger charge is -2.19. The lowest BCUT2D eigenvalue weighted by Crippen LogP contribution is -2.21. The van der Waals surface area contributed by atoms with Crippen molar-refractivity contribution in [3.05, 3.63) is 35.4 Å². The van der Waals surface area contributed by atoms with Crippen LogP contribution in [0.25, 0.3) is 0 Å². The summed E-state index contributed by atoms with van der Waals surface area (Å²) in [7, 11) is 0. The van der Waals surface area contributed by atoms with E-state index in [-0.39, 0.29) is 5.41 Å². The molecular weight excluding hydrogens is 254 g/mol. The highest BCUT2D eigenvalue weighted by atomic mass is 35.5. The second kappa shape index (κ2) is 6.28. The molecule has 2 atom stereocenters. The first-order valence-electron chi connectivity index (χ1n) is 7.39. The van der Waals surface area contributed by atoms with Gasteiger partial charge < -0.3 is 5.32 Å². The van der Waals surface area contributed by atoms with Crippen LogP contribution in [-0.4, -0.2) is 11.9 Å². The van der Waals surface area contributed by atoms with Crippen LogP contribution in [0.5, 0.6) is 0 Å². The van der Waals surface area contributed by atoms with Crippen molar-refractivity contribution in [2.75, 3.05) is 6.54 Å². The summed E-state index contributed by atoms with van der Waals surface area (Å²) in [6.45, 7) is 8.83. The van der Waals surface area contributed by atoms with Crippen LogP contribution in [0, 0.1) is 5.92 Å². The van der Waals surface area contributed by atoms with Crippen molar-refractivity contribution in [1.82, 2.24) is 5.32 Å². The van der Waals surface area contributed by atoms with Crippen molar-refractivity contribution in [3.8, 4) is 0 Å². The van der Waals surface area contributed by atoms with E-state index in [0.717, 1.165) is 19.0 Å². The van der Waals surface area contributed by atoms with Gasteiger partial charge in [0.05, 0.1) is 0 Å². The van der Waals surface area contributed by atoms with Crippen LogP contribution in [0.1, 0.15) is 51.2 Å². The molecular formula is C17H26ClN. The maximum absolute atomic E-state index is 6.14. The summed E-state index contributed by atoms with van der Waals surface area (Å²) in [5, 5.41) is 3.98. The number of alkyl halides is 1. The van der Waals surface area contributed by atoms with Gasteiger partial charge in [0.2, 0.25) is 0 Å². The minimum atomic E-state index is 0.241. The molecule has 0 spiro atoms. The molecule has 106 valence electrons. The van der Waals surface area contributed by atoms with E-state index < -0.39 is 0 Å². The van der Waals surface area contributed by atoms with Gasteiger partial charge in [-0.3, -0.25) is 0 Å². The Bertz CT molecular complexity index is 391. The summed E-state index contributed by atoms with van der Waals surface area (Å²) in [5.41, 5.74) is 3.01. The molecule has 2 rings (SSSR count). The molecule has 0 aromatic heterocycles. The second-order valence-electron chi connectivity index (χ2n) is 6.85. The van der Waals surface area contributed by atoms with E-state index in [2.05, 4.69) is 50.4 Å². The lowest BCUT2D eigenvalue weighted by atomic mass is 9.87. The summed E-state index contributed by atoms with van der Waals surface area (Å²) >= 11 is 6.14. The molecule has 1 aromatic carbocycles. The fraction of sp³-hybridized carbons (Fsp3) is 0.647. The number of halogens is 1. The molecule has 2 unspecified atom stereocenters. The Morgan fingerprint density at radius 2 is 1.84 bits per heavy atom. The van der Waals surface area contributed by atoms with E-state index in [0.29, 0.717) is 5.38 Å². The van der Waals surface area contributed by atoms with Crippen molar-refractivity contribution in [2.24, 2.45) is 5.92 Å². The Kier molecular flexibility index (Phi) is 4.92. The molecule has 2 heteroatoms. The molecule has 1 aliphatic rings. The molecule has 1 aromatic rings. The number of hydrogen-bond donors (Lipinski definition) is 1. The third-order valence-corrected chi connectivity index (χ3v) is 4.46. The van der Waals surface area contributed by atoms with Crippen LogP contribution in [0.4, 0.5) is 0 Å². The SMILES string of the molecule is CC(C)(C)c1ccc(CNCC2CCC(Cl)C2)cc1. The van der Waals surface area contributed by atoms with Crippen molar-refractivity contribution in [2.45, 2.75) is 57.4 Å². The van der Waals surface area contributed by atoms with Gasteiger partial charge >= 0.3 is 0 Å². The zero-order chi connectivity index (χ0) is 13.9. The van der Waals surface area contributed by atoms with E-state index >= 15 is 0 Å². The summed E-state index contributed by atoms with van der Waals surface area (Å²) in [6.07, 6.45) is 3.65. The number of nitrogens with one attached hydrogen (secondary N) is 1. The van der Waals surface area contributed by atoms with Gasteiger partial charge in [0.1, 0.15) is 0 Å². The zero-order valence-corrected chi connectivity index (χ0v) is 13.1. The van der Waals surface area contributed by atoms with E-state index in [1.165, 1.54) is 30.4 Å². The quantitative estimate of drug-likeness (QED) is 0.801. The Morgan fingerprint density at radius 3 is 2.37 bits per heavy atom. The highest BCUT2D eigenvalue weighted by Gasteiger charge is 2.22. The molecule has 0 heterocycles. The predicted octanol–water partition coefficient (Wildman–Crippen LogP) is 4.48. The van der Waals surface area contributed by atoms with Gasteiger partial charge in [-0.2, -0.15) is 0 Å². The van der Waals surface area contributed by atoms with Crippen molar-refractivity contribution < 1.29 is 0 Å². The summed E-state index contributed by atoms with van der Waals surface area (Å²) in [4.78, 5) is 0. The van der Waals surface area contributed by atoms with Crippen molar-refractivity contribution in [1.29, 1.82) is 0 Å². The van der Waals surface area contributed by atoms with E-state index in [4.69, 9.17) is 11.6 Å². The largest absolute Gasteiger partial charge is 0.312 e. The van der Waals surface area contributed by atoms with E-state index in [1.54, 1.807) is 0 Å². The molecule has 1 aliphatic carbocycles. The minimum absolute atomic E-state index is 0.241. The zero-order valence-electron chi connectivity index (χ0n) is 12.4. The normalized spacial score (nSPS) is 23.8. The van der Waals surface area contributed by atoms with Crippen LogP contribution >= 0.6 is 11.6 Å². The number of hydrogen-bond acceptors (Lipinski definition) is 1. The maximum atomic E-state index is 6.14. The average Bonchev–Trinajstić information content (AvgIpc) is 2.75. The fourth-order valence-electron chi connectivity index (χ4n) is 2.74. The molecule has 0 saturated heterocycles. The molecule has 1 nitrogen and oxygen atoms in total. The van der Waals surface area contributed by atoms with Gasteiger partial charge in [-0.05, 0) is 48.3 Å². The molecule has 1 N–H and O–H groups in total. The standard InChI is InChI=1S/C17H26ClN/c1-17(2,3)15-7-4-13(5-8-15)11-19-12-14-6-9-16(18)10-14/h4-5,7-8,14,16,19H,6,9-12H2,1-3H3. The van der Waals surface area contributed by atoms with Crippen LogP contribution in [-0.2, 0) is 12.0 Å². The van der Waals surface area contributed by atoms with Crippen LogP contribution in [0.15, 0.2) is 24.3 Å². The van der Waals surface area contributed by atoms with Gasteiger partial charge in [-0.15, -0.1) is 11.6 Å². The number of rotatable bonds is 4. The van der Waals surface area contributed by atoms with Gasteiger partial charge in [0.15, 0.2) is 0 Å². The Hall–Kier alpha value is -0.530. The van der Waals surface area contributed by atoms with Crippen molar-refractivity contribution >= 4 is 11.6 Å². The predicted molar refractivity (Wildman–Crippen MR) is 83.8 cm³/mol. The maximum Gasteiger partial charge on any atom is 0.0339 e. The second-order valence-corrected chi connectivity index (χ2v) is 7.47. The molecule has 0 radical (unpaired) electrons. The highest BCUT2D eigenvalue weighted by Crippen LogP contribution is 2.28. The monoisotopic (exact) mass is 279 g/mol. The highest BCUT2D eigenvalue weighted by molar-refractivity contribution is 6.20. The summed E-state index contributed by atoms with van der Waals surface area (Å²) in [5.74, 6) is 0.774. The average molecular weight is 280 g/mol. The van der Waals surface area contributed by atoms with Crippen LogP contribution in [0.2, 0.25) is 0 Å². The first kappa shape index (κ1) is 14.9. The molecule has 0 amide bonds. The van der Waals surface area contributed by atoms with Crippen LogP contribution < -0.4 is 5.32 Å². The van der Waals surface area contributed by atoms with Crippen molar-refractivity contribution in [3.63, 3.8) is 0 Å². The Balaban J connectivity index is 1.77. The molecule has 0 bridgehead atoms. The molecule has 19 heavy (non-hydrogen) atoms. The fourth-order valence-corrected chi connectivity index (χ4v) is 3.12. The Labute approximate surface area is 122 Å². The van der Waals surface area contributed by atoms with Gasteiger partial charge in [-0.25, -0.2) is 0 Å². The van der Waals surface area contributed by atoms with E-state index in [9.17, 15) is 0 Å². The summed E-state index contributed by atoms with van der Waals surface area (Å²) < 4.78 is 0. The Morgan fingerprint density at radius 1 is 1.16 bits per heavy atom. The molecule has 1 saturated carbocycles. The van der Waals surface area contributed by atoms with Gasteiger partial charge in [0.25, 0.3) is 0 Å². The minimum Gasteiger partial charge on any atom is -0.312 e. The van der Waals surface area contributed by atoms with Gasteiger partial charge in [-0.1, -0.05) is 45.0 Å². The molecule has 0 aliphatic heterocycles. The van der Waals surface area contributed by atoms with Crippen LogP contribution in [0.3, 0.4) is 0 Å². The topological polar surface area (TPSA) is 12.0 Å².